The van der Waals surface area contributed by atoms with Crippen molar-refractivity contribution >= 4 is 11.5 Å². The lowest BCUT2D eigenvalue weighted by atomic mass is 10.2. The number of aromatic nitrogens is 1. The van der Waals surface area contributed by atoms with Gasteiger partial charge in [0.1, 0.15) is 29.1 Å². The molecule has 0 aliphatic carbocycles. The number of hydrogen-bond acceptors (Lipinski definition) is 4. The molecule has 1 N–H and O–H groups in total. The highest BCUT2D eigenvalue weighted by atomic mass is 19.1. The second-order valence-electron chi connectivity index (χ2n) is 3.49. The molecular formula is C13H10FN3O. The average molecular weight is 243 g/mol. The Kier molecular flexibility index (Phi) is 3.39. The predicted molar refractivity (Wildman–Crippen MR) is 65.2 cm³/mol. The summed E-state index contributed by atoms with van der Waals surface area (Å²) in [6, 6.07) is 11.1. The van der Waals surface area contributed by atoms with Crippen molar-refractivity contribution in [1.29, 1.82) is 5.26 Å². The minimum Gasteiger partial charge on any atom is -0.494 e. The van der Waals surface area contributed by atoms with Gasteiger partial charge in [0.05, 0.1) is 12.8 Å². The second-order valence-corrected chi connectivity index (χ2v) is 3.49. The predicted octanol–water partition coefficient (Wildman–Crippen LogP) is 2.84. The van der Waals surface area contributed by atoms with Gasteiger partial charge in [0.25, 0.3) is 0 Å². The maximum Gasteiger partial charge on any atom is 0.145 e. The molecular weight excluding hydrogens is 233 g/mol. The quantitative estimate of drug-likeness (QED) is 0.900. The number of ether oxygens (including phenoxy) is 1. The first kappa shape index (κ1) is 11.9. The van der Waals surface area contributed by atoms with E-state index in [0.29, 0.717) is 22.9 Å². The molecule has 0 aliphatic rings. The molecule has 2 rings (SSSR count). The van der Waals surface area contributed by atoms with Crippen molar-refractivity contribution in [2.75, 3.05) is 12.4 Å². The van der Waals surface area contributed by atoms with E-state index in [-0.39, 0.29) is 5.82 Å². The van der Waals surface area contributed by atoms with Crippen LogP contribution in [-0.4, -0.2) is 12.1 Å². The van der Waals surface area contributed by atoms with E-state index in [2.05, 4.69) is 10.3 Å². The highest BCUT2D eigenvalue weighted by molar-refractivity contribution is 5.64. The van der Waals surface area contributed by atoms with Crippen LogP contribution in [0.5, 0.6) is 5.75 Å². The van der Waals surface area contributed by atoms with Gasteiger partial charge in [-0.1, -0.05) is 6.07 Å². The Bertz CT molecular complexity index is 607. The number of anilines is 2. The van der Waals surface area contributed by atoms with Crippen molar-refractivity contribution in [3.05, 3.63) is 47.9 Å². The third kappa shape index (κ3) is 2.55. The number of nitrogens with one attached hydrogen (secondary N) is 1. The summed E-state index contributed by atoms with van der Waals surface area (Å²) in [7, 11) is 1.46. The molecule has 18 heavy (non-hydrogen) atoms. The fourth-order valence-corrected chi connectivity index (χ4v) is 1.47. The zero-order chi connectivity index (χ0) is 13.0. The van der Waals surface area contributed by atoms with Crippen LogP contribution in [0.15, 0.2) is 36.4 Å². The van der Waals surface area contributed by atoms with Crippen LogP contribution >= 0.6 is 0 Å². The maximum atomic E-state index is 13.0. The Labute approximate surface area is 104 Å². The van der Waals surface area contributed by atoms with Crippen LogP contribution in [0.1, 0.15) is 5.69 Å². The number of hydrogen-bond donors (Lipinski definition) is 1. The molecule has 0 spiro atoms. The van der Waals surface area contributed by atoms with Crippen molar-refractivity contribution in [2.24, 2.45) is 0 Å². The molecule has 0 fully saturated rings. The minimum atomic E-state index is -0.379. The van der Waals surface area contributed by atoms with Crippen molar-refractivity contribution in [3.8, 4) is 11.8 Å². The Morgan fingerprint density at radius 1 is 1.33 bits per heavy atom. The largest absolute Gasteiger partial charge is 0.494 e. The lowest BCUT2D eigenvalue weighted by Crippen LogP contribution is -1.98. The van der Waals surface area contributed by atoms with Gasteiger partial charge >= 0.3 is 0 Å². The van der Waals surface area contributed by atoms with Crippen molar-refractivity contribution < 1.29 is 9.13 Å². The van der Waals surface area contributed by atoms with E-state index in [1.807, 2.05) is 6.07 Å². The first-order chi connectivity index (χ1) is 8.72. The molecule has 0 radical (unpaired) electrons. The highest BCUT2D eigenvalue weighted by Gasteiger charge is 2.05. The maximum absolute atomic E-state index is 13.0. The van der Waals surface area contributed by atoms with Gasteiger partial charge in [0, 0.05) is 6.07 Å². The summed E-state index contributed by atoms with van der Waals surface area (Å²) in [6.07, 6.45) is 0. The number of rotatable bonds is 3. The van der Waals surface area contributed by atoms with Gasteiger partial charge in [-0.05, 0) is 24.3 Å². The van der Waals surface area contributed by atoms with Gasteiger partial charge in [0.15, 0.2) is 0 Å². The Morgan fingerprint density at radius 2 is 2.17 bits per heavy atom. The summed E-state index contributed by atoms with van der Waals surface area (Å²) < 4.78 is 18.1. The van der Waals surface area contributed by atoms with Crippen LogP contribution in [0.25, 0.3) is 0 Å². The molecule has 90 valence electrons. The average Bonchev–Trinajstić information content (AvgIpc) is 2.41. The van der Waals surface area contributed by atoms with Crippen molar-refractivity contribution in [3.63, 3.8) is 0 Å². The molecule has 0 saturated carbocycles. The van der Waals surface area contributed by atoms with Gasteiger partial charge in [-0.3, -0.25) is 0 Å². The van der Waals surface area contributed by atoms with Gasteiger partial charge in [-0.15, -0.1) is 0 Å². The van der Waals surface area contributed by atoms with Gasteiger partial charge in [0.2, 0.25) is 0 Å². The van der Waals surface area contributed by atoms with Crippen LogP contribution < -0.4 is 10.1 Å². The number of halogens is 1. The van der Waals surface area contributed by atoms with Crippen LogP contribution in [0, 0.1) is 17.1 Å². The monoisotopic (exact) mass is 243 g/mol. The fourth-order valence-electron chi connectivity index (χ4n) is 1.47. The van der Waals surface area contributed by atoms with Crippen LogP contribution in [0.2, 0.25) is 0 Å². The van der Waals surface area contributed by atoms with E-state index in [1.165, 1.54) is 19.2 Å². The molecule has 0 bridgehead atoms. The third-order valence-corrected chi connectivity index (χ3v) is 2.29. The molecule has 0 unspecified atom stereocenters. The van der Waals surface area contributed by atoms with Gasteiger partial charge < -0.3 is 10.1 Å². The first-order valence-corrected chi connectivity index (χ1v) is 5.20. The normalized spacial score (nSPS) is 9.61. The first-order valence-electron chi connectivity index (χ1n) is 5.20. The Balaban J connectivity index is 2.31. The SMILES string of the molecule is COc1cc(F)ccc1Nc1cccc(C#N)n1. The summed E-state index contributed by atoms with van der Waals surface area (Å²) in [6.45, 7) is 0. The smallest absolute Gasteiger partial charge is 0.145 e. The van der Waals surface area contributed by atoms with E-state index >= 15 is 0 Å². The van der Waals surface area contributed by atoms with E-state index in [0.717, 1.165) is 0 Å². The Hall–Kier alpha value is -2.61. The van der Waals surface area contributed by atoms with Crippen LogP contribution in [0.3, 0.4) is 0 Å². The Morgan fingerprint density at radius 3 is 2.89 bits per heavy atom. The molecule has 5 heteroatoms. The second kappa shape index (κ2) is 5.15. The van der Waals surface area contributed by atoms with E-state index < -0.39 is 0 Å². The molecule has 0 amide bonds. The standard InChI is InChI=1S/C13H10FN3O/c1-18-12-7-9(14)5-6-11(12)17-13-4-2-3-10(8-15)16-13/h2-7H,1H3,(H,16,17). The molecule has 2 aromatic rings. The van der Waals surface area contributed by atoms with E-state index in [1.54, 1.807) is 24.3 Å². The molecule has 1 heterocycles. The molecule has 0 atom stereocenters. The molecule has 0 saturated heterocycles. The van der Waals surface area contributed by atoms with Crippen molar-refractivity contribution in [2.45, 2.75) is 0 Å². The summed E-state index contributed by atoms with van der Waals surface area (Å²) in [5.41, 5.74) is 0.891. The van der Waals surface area contributed by atoms with Crippen molar-refractivity contribution in [1.82, 2.24) is 4.98 Å². The third-order valence-electron chi connectivity index (χ3n) is 2.29. The van der Waals surface area contributed by atoms with E-state index in [4.69, 9.17) is 10.00 Å². The lowest BCUT2D eigenvalue weighted by Gasteiger charge is -2.10. The molecule has 0 aliphatic heterocycles. The fraction of sp³-hybridized carbons (Fsp3) is 0.0769. The summed E-state index contributed by atoms with van der Waals surface area (Å²) in [5.74, 6) is 0.495. The zero-order valence-electron chi connectivity index (χ0n) is 9.64. The summed E-state index contributed by atoms with van der Waals surface area (Å²) in [5, 5.41) is 11.7. The summed E-state index contributed by atoms with van der Waals surface area (Å²) in [4.78, 5) is 4.06. The molecule has 4 nitrogen and oxygen atoms in total. The summed E-state index contributed by atoms with van der Waals surface area (Å²) >= 11 is 0. The number of nitriles is 1. The molecule has 1 aromatic heterocycles. The number of benzene rings is 1. The number of nitrogens with zero attached hydrogens (tertiary/aromatic N) is 2. The van der Waals surface area contributed by atoms with Gasteiger partial charge in [-0.2, -0.15) is 5.26 Å². The lowest BCUT2D eigenvalue weighted by molar-refractivity contribution is 0.413. The minimum absolute atomic E-state index is 0.307. The topological polar surface area (TPSA) is 57.9 Å². The zero-order valence-corrected chi connectivity index (χ0v) is 9.64. The number of methoxy groups -OCH3 is 1. The highest BCUT2D eigenvalue weighted by Crippen LogP contribution is 2.27. The number of pyridine rings is 1. The van der Waals surface area contributed by atoms with Crippen LogP contribution in [-0.2, 0) is 0 Å². The van der Waals surface area contributed by atoms with Crippen LogP contribution in [0.4, 0.5) is 15.9 Å². The van der Waals surface area contributed by atoms with Gasteiger partial charge in [-0.25, -0.2) is 9.37 Å². The molecule has 1 aromatic carbocycles. The van der Waals surface area contributed by atoms with E-state index in [9.17, 15) is 4.39 Å².